The minimum Gasteiger partial charge on any atom is -0.383 e. The van der Waals surface area contributed by atoms with Crippen LogP contribution in [0.25, 0.3) is 26.4 Å². The first-order valence-corrected chi connectivity index (χ1v) is 6.45. The summed E-state index contributed by atoms with van der Waals surface area (Å²) in [6, 6.07) is 7.97. The van der Waals surface area contributed by atoms with Crippen LogP contribution < -0.4 is 5.73 Å². The van der Waals surface area contributed by atoms with E-state index in [0.29, 0.717) is 11.5 Å². The Hall–Kier alpha value is -2.54. The molecule has 0 unspecified atom stereocenters. The number of thiazole rings is 1. The lowest BCUT2D eigenvalue weighted by Gasteiger charge is -1.97. The van der Waals surface area contributed by atoms with Crippen molar-refractivity contribution in [2.75, 3.05) is 5.73 Å². The first-order valence-electron chi connectivity index (χ1n) is 5.63. The molecule has 92 valence electrons. The quantitative estimate of drug-likeness (QED) is 0.571. The van der Waals surface area contributed by atoms with Crippen LogP contribution in [0.4, 0.5) is 5.82 Å². The second-order valence-electron chi connectivity index (χ2n) is 4.02. The summed E-state index contributed by atoms with van der Waals surface area (Å²) in [5, 5.41) is 5.81. The summed E-state index contributed by atoms with van der Waals surface area (Å²) in [7, 11) is 0. The highest BCUT2D eigenvalue weighted by Gasteiger charge is 2.12. The lowest BCUT2D eigenvalue weighted by atomic mass is 10.3. The van der Waals surface area contributed by atoms with Gasteiger partial charge in [-0.05, 0) is 12.1 Å². The minimum atomic E-state index is 0.428. The standard InChI is InChI=1S/C12H8N6S/c13-10-7-5-16-18(11(7)15-6-14-10)12-17-8-3-1-2-4-9(8)19-12/h1-6H,(H2,13,14,15). The van der Waals surface area contributed by atoms with E-state index < -0.39 is 0 Å². The molecule has 0 atom stereocenters. The van der Waals surface area contributed by atoms with Gasteiger partial charge in [0, 0.05) is 0 Å². The number of fused-ring (bicyclic) bond motifs is 2. The summed E-state index contributed by atoms with van der Waals surface area (Å²) in [4.78, 5) is 12.7. The molecule has 0 saturated carbocycles. The largest absolute Gasteiger partial charge is 0.383 e. The Kier molecular flexibility index (Phi) is 2.04. The number of para-hydroxylation sites is 1. The first kappa shape index (κ1) is 10.4. The van der Waals surface area contributed by atoms with Gasteiger partial charge in [0.1, 0.15) is 12.1 Å². The van der Waals surface area contributed by atoms with Crippen molar-refractivity contribution in [3.8, 4) is 5.13 Å². The fourth-order valence-electron chi connectivity index (χ4n) is 1.95. The van der Waals surface area contributed by atoms with Crippen LogP contribution in [0.5, 0.6) is 0 Å². The molecule has 3 heterocycles. The van der Waals surface area contributed by atoms with E-state index in [2.05, 4.69) is 20.1 Å². The van der Waals surface area contributed by atoms with Gasteiger partial charge in [0.25, 0.3) is 0 Å². The number of nitrogens with two attached hydrogens (primary N) is 1. The van der Waals surface area contributed by atoms with E-state index in [1.165, 1.54) is 6.33 Å². The average Bonchev–Trinajstić information content (AvgIpc) is 3.02. The Morgan fingerprint density at radius 2 is 2.05 bits per heavy atom. The zero-order chi connectivity index (χ0) is 12.8. The maximum absolute atomic E-state index is 5.80. The maximum atomic E-state index is 5.80. The zero-order valence-corrected chi connectivity index (χ0v) is 10.5. The predicted octanol–water partition coefficient (Wildman–Crippen LogP) is 2.01. The minimum absolute atomic E-state index is 0.428. The molecule has 0 radical (unpaired) electrons. The van der Waals surface area contributed by atoms with Crippen LogP contribution >= 0.6 is 11.3 Å². The molecule has 7 heteroatoms. The normalized spacial score (nSPS) is 11.4. The molecule has 0 bridgehead atoms. The molecule has 4 rings (SSSR count). The van der Waals surface area contributed by atoms with E-state index in [1.54, 1.807) is 22.2 Å². The van der Waals surface area contributed by atoms with Crippen LogP contribution in [0.1, 0.15) is 0 Å². The van der Waals surface area contributed by atoms with Gasteiger partial charge in [-0.25, -0.2) is 15.0 Å². The smallest absolute Gasteiger partial charge is 0.213 e. The first-order chi connectivity index (χ1) is 9.33. The summed E-state index contributed by atoms with van der Waals surface area (Å²) in [6.07, 6.45) is 3.10. The van der Waals surface area contributed by atoms with E-state index in [0.717, 1.165) is 20.7 Å². The van der Waals surface area contributed by atoms with Crippen LogP contribution in [0.15, 0.2) is 36.8 Å². The molecule has 0 aliphatic carbocycles. The van der Waals surface area contributed by atoms with Crippen LogP contribution in [0, 0.1) is 0 Å². The van der Waals surface area contributed by atoms with Gasteiger partial charge >= 0.3 is 0 Å². The van der Waals surface area contributed by atoms with Crippen molar-refractivity contribution in [3.05, 3.63) is 36.8 Å². The fraction of sp³-hybridized carbons (Fsp3) is 0. The summed E-state index contributed by atoms with van der Waals surface area (Å²) in [5.74, 6) is 0.428. The number of nitrogen functional groups attached to an aromatic ring is 1. The zero-order valence-electron chi connectivity index (χ0n) is 9.69. The molecule has 1 aromatic carbocycles. The van der Waals surface area contributed by atoms with Gasteiger partial charge in [0.2, 0.25) is 5.13 Å². The maximum Gasteiger partial charge on any atom is 0.213 e. The summed E-state index contributed by atoms with van der Waals surface area (Å²) >= 11 is 1.56. The third-order valence-electron chi connectivity index (χ3n) is 2.86. The number of anilines is 1. The fourth-order valence-corrected chi connectivity index (χ4v) is 2.88. The van der Waals surface area contributed by atoms with Gasteiger partial charge in [-0.1, -0.05) is 23.5 Å². The van der Waals surface area contributed by atoms with Crippen LogP contribution in [-0.4, -0.2) is 24.7 Å². The molecule has 0 fully saturated rings. The molecule has 6 nitrogen and oxygen atoms in total. The van der Waals surface area contributed by atoms with E-state index in [4.69, 9.17) is 5.73 Å². The molecule has 0 aliphatic rings. The Balaban J connectivity index is 2.01. The van der Waals surface area contributed by atoms with Gasteiger partial charge in [0.05, 0.1) is 21.8 Å². The number of hydrogen-bond acceptors (Lipinski definition) is 6. The van der Waals surface area contributed by atoms with Crippen molar-refractivity contribution in [3.63, 3.8) is 0 Å². The molecule has 4 aromatic rings. The van der Waals surface area contributed by atoms with Gasteiger partial charge in [-0.2, -0.15) is 9.78 Å². The van der Waals surface area contributed by atoms with E-state index in [-0.39, 0.29) is 0 Å². The molecule has 3 aromatic heterocycles. The summed E-state index contributed by atoms with van der Waals surface area (Å²) < 4.78 is 2.81. The number of benzene rings is 1. The van der Waals surface area contributed by atoms with Crippen LogP contribution in [0.2, 0.25) is 0 Å². The van der Waals surface area contributed by atoms with E-state index in [1.807, 2.05) is 24.3 Å². The second-order valence-corrected chi connectivity index (χ2v) is 5.03. The lowest BCUT2D eigenvalue weighted by molar-refractivity contribution is 0.887. The molecular formula is C12H8N6S. The van der Waals surface area contributed by atoms with Crippen molar-refractivity contribution in [2.45, 2.75) is 0 Å². The van der Waals surface area contributed by atoms with Gasteiger partial charge in [-0.3, -0.25) is 0 Å². The summed E-state index contributed by atoms with van der Waals surface area (Å²) in [5.41, 5.74) is 7.43. The highest BCUT2D eigenvalue weighted by atomic mass is 32.1. The predicted molar refractivity (Wildman–Crippen MR) is 74.3 cm³/mol. The molecular weight excluding hydrogens is 260 g/mol. The monoisotopic (exact) mass is 268 g/mol. The van der Waals surface area contributed by atoms with Crippen LogP contribution in [0.3, 0.4) is 0 Å². The number of rotatable bonds is 1. The van der Waals surface area contributed by atoms with Gasteiger partial charge in [0.15, 0.2) is 5.65 Å². The van der Waals surface area contributed by atoms with Crippen molar-refractivity contribution < 1.29 is 0 Å². The van der Waals surface area contributed by atoms with Crippen molar-refractivity contribution >= 4 is 38.4 Å². The molecule has 0 saturated heterocycles. The number of hydrogen-bond donors (Lipinski definition) is 1. The third-order valence-corrected chi connectivity index (χ3v) is 3.87. The highest BCUT2D eigenvalue weighted by molar-refractivity contribution is 7.20. The number of nitrogens with zero attached hydrogens (tertiary/aromatic N) is 5. The van der Waals surface area contributed by atoms with Crippen LogP contribution in [-0.2, 0) is 0 Å². The average molecular weight is 268 g/mol. The Morgan fingerprint density at radius 1 is 1.16 bits per heavy atom. The molecule has 0 spiro atoms. The summed E-state index contributed by atoms with van der Waals surface area (Å²) in [6.45, 7) is 0. The topological polar surface area (TPSA) is 82.5 Å². The van der Waals surface area contributed by atoms with Crippen molar-refractivity contribution in [1.29, 1.82) is 0 Å². The molecule has 0 aliphatic heterocycles. The SMILES string of the molecule is Nc1ncnc2c1cnn2-c1nc2ccccc2s1. The van der Waals surface area contributed by atoms with Crippen molar-refractivity contribution in [1.82, 2.24) is 24.7 Å². The van der Waals surface area contributed by atoms with E-state index in [9.17, 15) is 0 Å². The molecule has 0 amide bonds. The molecule has 19 heavy (non-hydrogen) atoms. The van der Waals surface area contributed by atoms with Crippen molar-refractivity contribution in [2.24, 2.45) is 0 Å². The molecule has 2 N–H and O–H groups in total. The lowest BCUT2D eigenvalue weighted by Crippen LogP contribution is -1.98. The van der Waals surface area contributed by atoms with E-state index >= 15 is 0 Å². The Labute approximate surface area is 111 Å². The van der Waals surface area contributed by atoms with Gasteiger partial charge < -0.3 is 5.73 Å². The number of aromatic nitrogens is 5. The third kappa shape index (κ3) is 1.48. The second kappa shape index (κ2) is 3.72. The van der Waals surface area contributed by atoms with Gasteiger partial charge in [-0.15, -0.1) is 0 Å². The Bertz CT molecular complexity index is 860. The highest BCUT2D eigenvalue weighted by Crippen LogP contribution is 2.26. The Morgan fingerprint density at radius 3 is 2.95 bits per heavy atom.